The number of hydrogen-bond acceptors (Lipinski definition) is 7. The minimum Gasteiger partial charge on any atom is -0.369 e. The van der Waals surface area contributed by atoms with E-state index in [0.29, 0.717) is 0 Å². The van der Waals surface area contributed by atoms with Gasteiger partial charge in [-0.05, 0) is 0 Å². The molecule has 1 aliphatic heterocycles. The van der Waals surface area contributed by atoms with Crippen molar-refractivity contribution in [2.45, 2.75) is 19.8 Å². The first-order valence-electron chi connectivity index (χ1n) is 4.53. The van der Waals surface area contributed by atoms with Crippen molar-refractivity contribution < 1.29 is 0 Å². The summed E-state index contributed by atoms with van der Waals surface area (Å²) in [4.78, 5) is 9.65. The van der Waals surface area contributed by atoms with Crippen molar-refractivity contribution in [3.05, 3.63) is 0 Å². The second-order valence-corrected chi connectivity index (χ2v) is 2.99. The van der Waals surface area contributed by atoms with E-state index >= 15 is 0 Å². The molecule has 1 atom stereocenters. The average molecular weight is 199 g/mol. The monoisotopic (exact) mass is 199 g/mol. The van der Waals surface area contributed by atoms with Crippen LogP contribution in [0.5, 0.6) is 0 Å². The molecule has 7 N–H and O–H groups in total. The first-order valence-corrected chi connectivity index (χ1v) is 4.53. The van der Waals surface area contributed by atoms with Gasteiger partial charge in [0, 0.05) is 13.1 Å². The lowest BCUT2D eigenvalue weighted by Gasteiger charge is -2.38. The normalized spacial score (nSPS) is 26.9. The lowest BCUT2D eigenvalue weighted by molar-refractivity contribution is 0.0962. The molecule has 1 rings (SSSR count). The molecule has 14 heavy (non-hydrogen) atoms. The van der Waals surface area contributed by atoms with Gasteiger partial charge in [0.2, 0.25) is 17.8 Å². The molecule has 7 heteroatoms. The Morgan fingerprint density at radius 3 is 2.36 bits per heavy atom. The van der Waals surface area contributed by atoms with Crippen molar-refractivity contribution in [1.29, 1.82) is 0 Å². The third-order valence-electron chi connectivity index (χ3n) is 2.08. The molecule has 0 radical (unpaired) electrons. The summed E-state index contributed by atoms with van der Waals surface area (Å²) in [5, 5.41) is 2.79. The van der Waals surface area contributed by atoms with E-state index in [1.54, 1.807) is 0 Å². The topological polar surface area (TPSA) is 118 Å². The van der Waals surface area contributed by atoms with E-state index in [1.165, 1.54) is 0 Å². The molecule has 0 bridgehead atoms. The molecule has 0 amide bonds. The van der Waals surface area contributed by atoms with E-state index in [-0.39, 0.29) is 11.9 Å². The number of nitrogens with zero attached hydrogens (tertiary/aromatic N) is 3. The molecule has 1 unspecified atom stereocenters. The second-order valence-electron chi connectivity index (χ2n) is 2.99. The molecule has 80 valence electrons. The Morgan fingerprint density at radius 1 is 1.36 bits per heavy atom. The lowest BCUT2D eigenvalue weighted by atomic mass is 10.4. The van der Waals surface area contributed by atoms with E-state index < -0.39 is 5.91 Å². The summed E-state index contributed by atoms with van der Waals surface area (Å²) in [5.41, 5.74) is 17.0. The van der Waals surface area contributed by atoms with Gasteiger partial charge in [0.1, 0.15) is 0 Å². The van der Waals surface area contributed by atoms with Crippen molar-refractivity contribution in [2.24, 2.45) is 27.2 Å². The fourth-order valence-electron chi connectivity index (χ4n) is 1.42. The summed E-state index contributed by atoms with van der Waals surface area (Å²) in [5.74, 6) is -0.790. The van der Waals surface area contributed by atoms with Gasteiger partial charge in [0.15, 0.2) is 0 Å². The first-order chi connectivity index (χ1) is 6.51. The maximum atomic E-state index is 5.99. The summed E-state index contributed by atoms with van der Waals surface area (Å²) >= 11 is 0. The summed E-state index contributed by atoms with van der Waals surface area (Å²) < 4.78 is 0. The summed E-state index contributed by atoms with van der Waals surface area (Å²) in [6.07, 6.45) is 0. The highest BCUT2D eigenvalue weighted by Gasteiger charge is 2.33. The summed E-state index contributed by atoms with van der Waals surface area (Å²) in [6.45, 7) is 5.44. The van der Waals surface area contributed by atoms with Gasteiger partial charge in [-0.3, -0.25) is 5.73 Å². The Morgan fingerprint density at radius 2 is 1.93 bits per heavy atom. The molecule has 0 aromatic rings. The molecule has 7 nitrogen and oxygen atoms in total. The number of aliphatic imine (C=N–C) groups is 2. The molecular weight excluding hydrogens is 182 g/mol. The molecule has 0 spiro atoms. The van der Waals surface area contributed by atoms with Crippen LogP contribution in [0.4, 0.5) is 0 Å². The van der Waals surface area contributed by atoms with Crippen molar-refractivity contribution in [1.82, 2.24) is 10.2 Å². The van der Waals surface area contributed by atoms with Crippen LogP contribution in [-0.2, 0) is 0 Å². The van der Waals surface area contributed by atoms with Crippen LogP contribution in [0, 0.1) is 0 Å². The highest BCUT2D eigenvalue weighted by Crippen LogP contribution is 2.09. The molecular formula is C7H17N7. The van der Waals surface area contributed by atoms with Gasteiger partial charge in [0.25, 0.3) is 0 Å². The van der Waals surface area contributed by atoms with Crippen molar-refractivity contribution in [3.8, 4) is 0 Å². The van der Waals surface area contributed by atoms with E-state index in [4.69, 9.17) is 17.2 Å². The average Bonchev–Trinajstić information content (AvgIpc) is 2.02. The minimum atomic E-state index is -1.07. The smallest absolute Gasteiger partial charge is 0.250 e. The summed E-state index contributed by atoms with van der Waals surface area (Å²) in [6, 6.07) is 0. The molecule has 0 saturated carbocycles. The highest BCUT2D eigenvalue weighted by molar-refractivity contribution is 5.95. The Bertz CT molecular complexity index is 267. The van der Waals surface area contributed by atoms with E-state index in [9.17, 15) is 0 Å². The molecule has 0 saturated heterocycles. The Labute approximate surface area is 83.0 Å². The lowest BCUT2D eigenvalue weighted by Crippen LogP contribution is -2.69. The van der Waals surface area contributed by atoms with Crippen LogP contribution in [0.1, 0.15) is 13.8 Å². The number of rotatable bonds is 3. The third kappa shape index (κ3) is 1.94. The van der Waals surface area contributed by atoms with E-state index in [0.717, 1.165) is 13.1 Å². The van der Waals surface area contributed by atoms with Gasteiger partial charge in [-0.15, -0.1) is 0 Å². The zero-order valence-corrected chi connectivity index (χ0v) is 8.49. The maximum Gasteiger partial charge on any atom is 0.250 e. The predicted octanol–water partition coefficient (Wildman–Crippen LogP) is -1.87. The predicted molar refractivity (Wildman–Crippen MR) is 56.2 cm³/mol. The van der Waals surface area contributed by atoms with E-state index in [1.807, 2.05) is 18.7 Å². The highest BCUT2D eigenvalue weighted by atomic mass is 15.5. The quantitative estimate of drug-likeness (QED) is 0.397. The van der Waals surface area contributed by atoms with Gasteiger partial charge in [-0.1, -0.05) is 13.8 Å². The Hall–Kier alpha value is -1.34. The standard InChI is InChI=1S/C7H17N7/c1-3-14(4-2)7(10)12-5(8)11-6(9)13-7/h3-4,10H2,1-2H3,(H5,8,9,11,12,13). The van der Waals surface area contributed by atoms with Gasteiger partial charge in [0.05, 0.1) is 0 Å². The minimum absolute atomic E-state index is 0.0932. The fraction of sp³-hybridized carbons (Fsp3) is 0.714. The third-order valence-corrected chi connectivity index (χ3v) is 2.08. The molecule has 0 aromatic heterocycles. The van der Waals surface area contributed by atoms with Crippen LogP contribution in [0.2, 0.25) is 0 Å². The first kappa shape index (κ1) is 10.7. The van der Waals surface area contributed by atoms with Gasteiger partial charge < -0.3 is 16.8 Å². The number of nitrogens with one attached hydrogen (secondary N) is 1. The molecule has 0 aromatic carbocycles. The SMILES string of the molecule is CCN(CC)C1(N)N=C(N)N=C(N)N1. The second kappa shape index (κ2) is 3.81. The van der Waals surface area contributed by atoms with Crippen LogP contribution in [0.25, 0.3) is 0 Å². The number of hydrogen-bond donors (Lipinski definition) is 4. The van der Waals surface area contributed by atoms with Crippen LogP contribution < -0.4 is 22.5 Å². The molecule has 1 aliphatic rings. The molecule has 0 aliphatic carbocycles. The molecule has 1 heterocycles. The number of nitrogens with two attached hydrogens (primary N) is 3. The van der Waals surface area contributed by atoms with E-state index in [2.05, 4.69) is 15.3 Å². The van der Waals surface area contributed by atoms with Crippen molar-refractivity contribution >= 4 is 11.9 Å². The van der Waals surface area contributed by atoms with Crippen LogP contribution in [0.3, 0.4) is 0 Å². The summed E-state index contributed by atoms with van der Waals surface area (Å²) in [7, 11) is 0. The zero-order valence-electron chi connectivity index (χ0n) is 8.49. The number of guanidine groups is 2. The molecule has 0 fully saturated rings. The van der Waals surface area contributed by atoms with Crippen LogP contribution in [0.15, 0.2) is 9.98 Å². The fourth-order valence-corrected chi connectivity index (χ4v) is 1.42. The Balaban J connectivity index is 2.91. The Kier molecular flexibility index (Phi) is 2.92. The van der Waals surface area contributed by atoms with Crippen molar-refractivity contribution in [3.63, 3.8) is 0 Å². The van der Waals surface area contributed by atoms with Crippen LogP contribution >= 0.6 is 0 Å². The maximum absolute atomic E-state index is 5.99. The van der Waals surface area contributed by atoms with Gasteiger partial charge in [-0.25, -0.2) is 4.90 Å². The largest absolute Gasteiger partial charge is 0.369 e. The van der Waals surface area contributed by atoms with Crippen LogP contribution in [-0.4, -0.2) is 35.8 Å². The van der Waals surface area contributed by atoms with Gasteiger partial charge in [-0.2, -0.15) is 9.98 Å². The zero-order chi connectivity index (χ0) is 10.8. The van der Waals surface area contributed by atoms with Gasteiger partial charge >= 0.3 is 0 Å². The van der Waals surface area contributed by atoms with Crippen molar-refractivity contribution in [2.75, 3.05) is 13.1 Å².